The molecule has 3 rings (SSSR count). The van der Waals surface area contributed by atoms with Crippen LogP contribution in [-0.2, 0) is 40.9 Å². The maximum Gasteiger partial charge on any atom is 0.279 e. The summed E-state index contributed by atoms with van der Waals surface area (Å²) < 4.78 is 27.9. The molecular formula is C22H30N4O3S. The van der Waals surface area contributed by atoms with Crippen LogP contribution in [0, 0.1) is 13.8 Å². The molecule has 0 atom stereocenters. The fourth-order valence-electron chi connectivity index (χ4n) is 3.63. The van der Waals surface area contributed by atoms with Crippen molar-refractivity contribution in [3.63, 3.8) is 0 Å². The Bertz CT molecular complexity index is 1020. The van der Waals surface area contributed by atoms with Gasteiger partial charge in [-0.2, -0.15) is 17.4 Å². The van der Waals surface area contributed by atoms with Gasteiger partial charge in [0.2, 0.25) is 5.91 Å². The molecule has 0 bridgehead atoms. The number of carbonyl (C=O) groups is 1. The fraction of sp³-hybridized carbons (Fsp3) is 0.455. The normalized spacial score (nSPS) is 14.1. The highest BCUT2D eigenvalue weighted by Crippen LogP contribution is 2.25. The highest BCUT2D eigenvalue weighted by molar-refractivity contribution is 7.87. The Morgan fingerprint density at radius 2 is 1.90 bits per heavy atom. The summed E-state index contributed by atoms with van der Waals surface area (Å²) in [6, 6.07) is 8.28. The highest BCUT2D eigenvalue weighted by atomic mass is 32.2. The number of benzene rings is 1. The van der Waals surface area contributed by atoms with Gasteiger partial charge >= 0.3 is 0 Å². The number of nitrogens with zero attached hydrogens (tertiary/aromatic N) is 3. The number of carbonyl (C=O) groups excluding carboxylic acids is 1. The number of hydrogen-bond donors (Lipinski definition) is 1. The lowest BCUT2D eigenvalue weighted by atomic mass is 9.94. The first-order valence-electron chi connectivity index (χ1n) is 10.1. The Morgan fingerprint density at radius 3 is 2.57 bits per heavy atom. The predicted octanol–water partition coefficient (Wildman–Crippen LogP) is 2.11. The number of fused-ring (bicyclic) bond motifs is 1. The van der Waals surface area contributed by atoms with E-state index in [1.807, 2.05) is 18.0 Å². The third-order valence-corrected chi connectivity index (χ3v) is 7.08. The molecule has 2 aromatic rings. The molecule has 0 saturated heterocycles. The summed E-state index contributed by atoms with van der Waals surface area (Å²) in [6.45, 7) is 5.29. The van der Waals surface area contributed by atoms with E-state index in [1.165, 1.54) is 25.2 Å². The third-order valence-electron chi connectivity index (χ3n) is 5.61. The average Bonchev–Trinajstić information content (AvgIpc) is 2.72. The smallest absolute Gasteiger partial charge is 0.279 e. The maximum atomic E-state index is 12.7. The van der Waals surface area contributed by atoms with Crippen molar-refractivity contribution in [3.05, 3.63) is 64.0 Å². The quantitative estimate of drug-likeness (QED) is 0.729. The van der Waals surface area contributed by atoms with Crippen molar-refractivity contribution in [2.75, 3.05) is 20.6 Å². The number of hydrogen-bond acceptors (Lipinski definition) is 4. The fourth-order valence-corrected chi connectivity index (χ4v) is 4.21. The summed E-state index contributed by atoms with van der Waals surface area (Å²) in [5, 5.41) is 0. The van der Waals surface area contributed by atoms with Crippen molar-refractivity contribution in [2.45, 2.75) is 46.2 Å². The van der Waals surface area contributed by atoms with Crippen LogP contribution in [0.3, 0.4) is 0 Å². The molecule has 0 unspecified atom stereocenters. The molecule has 0 spiro atoms. The predicted molar refractivity (Wildman–Crippen MR) is 117 cm³/mol. The van der Waals surface area contributed by atoms with Crippen LogP contribution in [0.5, 0.6) is 0 Å². The molecule has 162 valence electrons. The van der Waals surface area contributed by atoms with E-state index in [2.05, 4.69) is 40.9 Å². The molecule has 1 N–H and O–H groups in total. The number of rotatable bonds is 7. The number of amides is 1. The van der Waals surface area contributed by atoms with Gasteiger partial charge in [0.1, 0.15) is 0 Å². The minimum absolute atomic E-state index is 0.136. The second-order valence-electron chi connectivity index (χ2n) is 7.99. The monoisotopic (exact) mass is 430 g/mol. The average molecular weight is 431 g/mol. The molecule has 30 heavy (non-hydrogen) atoms. The second kappa shape index (κ2) is 9.24. The Morgan fingerprint density at radius 1 is 1.20 bits per heavy atom. The zero-order valence-electron chi connectivity index (χ0n) is 18.1. The molecule has 1 aliphatic rings. The van der Waals surface area contributed by atoms with E-state index in [0.717, 1.165) is 33.1 Å². The van der Waals surface area contributed by atoms with Crippen molar-refractivity contribution in [2.24, 2.45) is 0 Å². The number of aromatic nitrogens is 1. The largest absolute Gasteiger partial charge is 0.338 e. The molecule has 1 aromatic carbocycles. The van der Waals surface area contributed by atoms with Gasteiger partial charge in [0.25, 0.3) is 10.2 Å². The molecule has 0 radical (unpaired) electrons. The van der Waals surface area contributed by atoms with E-state index < -0.39 is 10.2 Å². The summed E-state index contributed by atoms with van der Waals surface area (Å²) in [4.78, 5) is 19.1. The summed E-state index contributed by atoms with van der Waals surface area (Å²) in [7, 11) is -0.521. The minimum Gasteiger partial charge on any atom is -0.338 e. The number of pyridine rings is 1. The maximum absolute atomic E-state index is 12.7. The van der Waals surface area contributed by atoms with Gasteiger partial charge in [0, 0.05) is 52.0 Å². The Labute approximate surface area is 179 Å². The summed E-state index contributed by atoms with van der Waals surface area (Å²) in [5.41, 5.74) is 6.20. The molecule has 1 aromatic heterocycles. The van der Waals surface area contributed by atoms with Gasteiger partial charge in [-0.1, -0.05) is 29.8 Å². The minimum atomic E-state index is -3.51. The van der Waals surface area contributed by atoms with E-state index >= 15 is 0 Å². The van der Waals surface area contributed by atoms with Gasteiger partial charge in [-0.25, -0.2) is 0 Å². The summed E-state index contributed by atoms with van der Waals surface area (Å²) in [5.74, 6) is 0.136. The van der Waals surface area contributed by atoms with Crippen LogP contribution in [0.25, 0.3) is 0 Å². The van der Waals surface area contributed by atoms with Gasteiger partial charge in [-0.3, -0.25) is 9.78 Å². The molecule has 7 nitrogen and oxygen atoms in total. The van der Waals surface area contributed by atoms with Gasteiger partial charge in [-0.05, 0) is 48.9 Å². The van der Waals surface area contributed by atoms with Crippen LogP contribution >= 0.6 is 0 Å². The molecule has 8 heteroatoms. The standard InChI is InChI=1S/C22H30N4O3S/c1-16-5-7-18(8-6-16)9-10-22(27)26-12-11-20-19(15-26)13-23-17(2)21(20)14-24-30(28,29)25(3)4/h5-8,13,24H,9-12,14-15H2,1-4H3. The summed E-state index contributed by atoms with van der Waals surface area (Å²) >= 11 is 0. The van der Waals surface area contributed by atoms with E-state index in [0.29, 0.717) is 25.9 Å². The highest BCUT2D eigenvalue weighted by Gasteiger charge is 2.24. The molecule has 1 aliphatic heterocycles. The number of aryl methyl sites for hydroxylation is 3. The van der Waals surface area contributed by atoms with Gasteiger partial charge in [-0.15, -0.1) is 0 Å². The van der Waals surface area contributed by atoms with Crippen LogP contribution in [0.2, 0.25) is 0 Å². The lowest BCUT2D eigenvalue weighted by Gasteiger charge is -2.30. The SMILES string of the molecule is Cc1ccc(CCC(=O)N2CCc3c(cnc(C)c3CNS(=O)(=O)N(C)C)C2)cc1. The lowest BCUT2D eigenvalue weighted by Crippen LogP contribution is -2.38. The molecular weight excluding hydrogens is 400 g/mol. The van der Waals surface area contributed by atoms with Crippen LogP contribution < -0.4 is 4.72 Å². The molecule has 2 heterocycles. The zero-order chi connectivity index (χ0) is 21.9. The van der Waals surface area contributed by atoms with E-state index in [-0.39, 0.29) is 12.5 Å². The lowest BCUT2D eigenvalue weighted by molar-refractivity contribution is -0.132. The Hall–Kier alpha value is -2.29. The zero-order valence-corrected chi connectivity index (χ0v) is 18.9. The topological polar surface area (TPSA) is 82.6 Å². The summed E-state index contributed by atoms with van der Waals surface area (Å²) in [6.07, 6.45) is 3.72. The van der Waals surface area contributed by atoms with Crippen LogP contribution in [0.15, 0.2) is 30.5 Å². The van der Waals surface area contributed by atoms with Crippen LogP contribution in [-0.4, -0.2) is 49.2 Å². The second-order valence-corrected chi connectivity index (χ2v) is 9.95. The first-order valence-corrected chi connectivity index (χ1v) is 11.6. The van der Waals surface area contributed by atoms with Crippen molar-refractivity contribution in [1.29, 1.82) is 0 Å². The van der Waals surface area contributed by atoms with Crippen molar-refractivity contribution >= 4 is 16.1 Å². The van der Waals surface area contributed by atoms with Crippen molar-refractivity contribution < 1.29 is 13.2 Å². The van der Waals surface area contributed by atoms with E-state index in [1.54, 1.807) is 0 Å². The van der Waals surface area contributed by atoms with E-state index in [4.69, 9.17) is 0 Å². The van der Waals surface area contributed by atoms with E-state index in [9.17, 15) is 13.2 Å². The molecule has 0 saturated carbocycles. The van der Waals surface area contributed by atoms with Crippen molar-refractivity contribution in [3.8, 4) is 0 Å². The third kappa shape index (κ3) is 5.24. The van der Waals surface area contributed by atoms with Crippen LogP contribution in [0.4, 0.5) is 0 Å². The van der Waals surface area contributed by atoms with Gasteiger partial charge in [0.15, 0.2) is 0 Å². The molecule has 1 amide bonds. The van der Waals surface area contributed by atoms with Crippen molar-refractivity contribution in [1.82, 2.24) is 18.9 Å². The number of nitrogens with one attached hydrogen (secondary N) is 1. The Balaban J connectivity index is 1.67. The Kier molecular flexibility index (Phi) is 6.90. The molecule has 0 fully saturated rings. The van der Waals surface area contributed by atoms with Crippen LogP contribution in [0.1, 0.15) is 39.9 Å². The van der Waals surface area contributed by atoms with Gasteiger partial charge < -0.3 is 4.90 Å². The molecule has 0 aliphatic carbocycles. The first-order chi connectivity index (χ1) is 14.2. The first kappa shape index (κ1) is 22.4. The van der Waals surface area contributed by atoms with Gasteiger partial charge in [0.05, 0.1) is 0 Å².